The third-order valence-corrected chi connectivity index (χ3v) is 4.60. The van der Waals surface area contributed by atoms with Crippen LogP contribution in [0.4, 0.5) is 10.1 Å². The van der Waals surface area contributed by atoms with Gasteiger partial charge in [-0.2, -0.15) is 0 Å². The van der Waals surface area contributed by atoms with Crippen LogP contribution in [0.3, 0.4) is 0 Å². The number of anilines is 1. The first-order valence-electron chi connectivity index (χ1n) is 7.65. The van der Waals surface area contributed by atoms with E-state index in [1.54, 1.807) is 13.2 Å². The Bertz CT molecular complexity index is 851. The highest BCUT2D eigenvalue weighted by molar-refractivity contribution is 5.85. The number of hydrogen-bond acceptors (Lipinski definition) is 3. The molecule has 5 heteroatoms. The summed E-state index contributed by atoms with van der Waals surface area (Å²) in [7, 11) is 3.58. The first-order valence-corrected chi connectivity index (χ1v) is 7.65. The number of hydrogen-bond donors (Lipinski definition) is 0. The second kappa shape index (κ2) is 5.26. The molecule has 3 heterocycles. The Morgan fingerprint density at radius 3 is 2.74 bits per heavy atom. The lowest BCUT2D eigenvalue weighted by molar-refractivity contribution is 0.397. The Labute approximate surface area is 134 Å². The molecule has 0 bridgehead atoms. The van der Waals surface area contributed by atoms with E-state index < -0.39 is 0 Å². The molecule has 0 N–H and O–H groups in total. The minimum Gasteiger partial charge on any atom is -0.481 e. The maximum Gasteiger partial charge on any atom is 0.213 e. The summed E-state index contributed by atoms with van der Waals surface area (Å²) in [6.07, 6.45) is 3.96. The van der Waals surface area contributed by atoms with E-state index >= 15 is 0 Å². The summed E-state index contributed by atoms with van der Waals surface area (Å²) in [6, 6.07) is 8.93. The van der Waals surface area contributed by atoms with E-state index in [9.17, 15) is 4.39 Å². The number of halogens is 1. The van der Waals surface area contributed by atoms with Gasteiger partial charge in [0.25, 0.3) is 0 Å². The molecule has 1 aliphatic rings. The van der Waals surface area contributed by atoms with Gasteiger partial charge in [0.1, 0.15) is 5.82 Å². The number of benzene rings is 1. The minimum atomic E-state index is -0.190. The lowest BCUT2D eigenvalue weighted by Gasteiger charge is -2.41. The van der Waals surface area contributed by atoms with Crippen LogP contribution in [-0.4, -0.2) is 29.8 Å². The lowest BCUT2D eigenvalue weighted by atomic mass is 9.91. The molecule has 23 heavy (non-hydrogen) atoms. The number of ether oxygens (including phenoxy) is 1. The SMILES string of the molecule is COc1ccc(N2CC(c3cn(C)c4cc(F)ccc34)C2)cn1. The molecular weight excluding hydrogens is 293 g/mol. The van der Waals surface area contributed by atoms with Gasteiger partial charge in [-0.25, -0.2) is 9.37 Å². The van der Waals surface area contributed by atoms with E-state index in [1.165, 1.54) is 11.6 Å². The molecule has 0 amide bonds. The van der Waals surface area contributed by atoms with Crippen LogP contribution in [0, 0.1) is 5.82 Å². The molecule has 4 nitrogen and oxygen atoms in total. The second-order valence-electron chi connectivity index (χ2n) is 6.02. The van der Waals surface area contributed by atoms with Crippen LogP contribution in [0.2, 0.25) is 0 Å². The summed E-state index contributed by atoms with van der Waals surface area (Å²) >= 11 is 0. The molecule has 0 unspecified atom stereocenters. The Morgan fingerprint density at radius 1 is 1.22 bits per heavy atom. The fourth-order valence-electron chi connectivity index (χ4n) is 3.28. The van der Waals surface area contributed by atoms with Gasteiger partial charge in [-0.15, -0.1) is 0 Å². The number of methoxy groups -OCH3 is 1. The van der Waals surface area contributed by atoms with Crippen molar-refractivity contribution in [1.29, 1.82) is 0 Å². The fourth-order valence-corrected chi connectivity index (χ4v) is 3.28. The van der Waals surface area contributed by atoms with Crippen LogP contribution in [-0.2, 0) is 7.05 Å². The summed E-state index contributed by atoms with van der Waals surface area (Å²) in [5, 5.41) is 1.14. The third-order valence-electron chi connectivity index (χ3n) is 4.60. The monoisotopic (exact) mass is 311 g/mol. The molecule has 0 saturated carbocycles. The minimum absolute atomic E-state index is 0.190. The van der Waals surface area contributed by atoms with Crippen molar-refractivity contribution in [3.63, 3.8) is 0 Å². The van der Waals surface area contributed by atoms with E-state index in [0.717, 1.165) is 29.7 Å². The molecule has 0 spiro atoms. The average Bonchev–Trinajstić information content (AvgIpc) is 2.83. The van der Waals surface area contributed by atoms with Crippen LogP contribution in [0.15, 0.2) is 42.7 Å². The summed E-state index contributed by atoms with van der Waals surface area (Å²) < 4.78 is 20.5. The smallest absolute Gasteiger partial charge is 0.213 e. The number of rotatable bonds is 3. The maximum atomic E-state index is 13.4. The Hall–Kier alpha value is -2.56. The zero-order valence-corrected chi connectivity index (χ0v) is 13.2. The molecule has 0 radical (unpaired) electrons. The van der Waals surface area contributed by atoms with Gasteiger partial charge in [0.2, 0.25) is 5.88 Å². The highest BCUT2D eigenvalue weighted by atomic mass is 19.1. The van der Waals surface area contributed by atoms with Crippen molar-refractivity contribution in [3.05, 3.63) is 54.1 Å². The van der Waals surface area contributed by atoms with Crippen molar-refractivity contribution in [1.82, 2.24) is 9.55 Å². The van der Waals surface area contributed by atoms with Crippen molar-refractivity contribution >= 4 is 16.6 Å². The fraction of sp³-hybridized carbons (Fsp3) is 0.278. The predicted molar refractivity (Wildman–Crippen MR) is 88.6 cm³/mol. The molecule has 1 saturated heterocycles. The third kappa shape index (κ3) is 2.32. The first kappa shape index (κ1) is 14.1. The van der Waals surface area contributed by atoms with E-state index in [4.69, 9.17) is 4.74 Å². The van der Waals surface area contributed by atoms with Crippen molar-refractivity contribution in [2.75, 3.05) is 25.1 Å². The average molecular weight is 311 g/mol. The van der Waals surface area contributed by atoms with Gasteiger partial charge >= 0.3 is 0 Å². The summed E-state index contributed by atoms with van der Waals surface area (Å²) in [4.78, 5) is 6.54. The first-order chi connectivity index (χ1) is 11.2. The maximum absolute atomic E-state index is 13.4. The largest absolute Gasteiger partial charge is 0.481 e. The quantitative estimate of drug-likeness (QED) is 0.743. The number of fused-ring (bicyclic) bond motifs is 1. The van der Waals surface area contributed by atoms with Gasteiger partial charge in [-0.1, -0.05) is 0 Å². The number of nitrogens with zero attached hydrogens (tertiary/aromatic N) is 3. The highest BCUT2D eigenvalue weighted by Crippen LogP contribution is 2.36. The predicted octanol–water partition coefficient (Wildman–Crippen LogP) is 3.32. The van der Waals surface area contributed by atoms with Gasteiger partial charge < -0.3 is 14.2 Å². The van der Waals surface area contributed by atoms with Crippen molar-refractivity contribution < 1.29 is 9.13 Å². The standard InChI is InChI=1S/C18H18FN3O/c1-21-11-16(15-5-3-13(19)7-17(15)21)12-9-22(10-12)14-4-6-18(23-2)20-8-14/h3-8,11-12H,9-10H2,1-2H3. The van der Waals surface area contributed by atoms with Crippen molar-refractivity contribution in [2.24, 2.45) is 7.05 Å². The summed E-state index contributed by atoms with van der Waals surface area (Å²) in [6.45, 7) is 1.90. The zero-order valence-electron chi connectivity index (χ0n) is 13.2. The number of pyridine rings is 1. The molecule has 1 aromatic carbocycles. The second-order valence-corrected chi connectivity index (χ2v) is 6.02. The molecule has 1 aliphatic heterocycles. The number of aromatic nitrogens is 2. The van der Waals surface area contributed by atoms with Gasteiger partial charge in [0.15, 0.2) is 0 Å². The molecule has 4 rings (SSSR count). The topological polar surface area (TPSA) is 30.3 Å². The molecule has 118 valence electrons. The number of aryl methyl sites for hydroxylation is 1. The van der Waals surface area contributed by atoms with Gasteiger partial charge in [-0.3, -0.25) is 0 Å². The molecule has 2 aromatic heterocycles. The molecule has 1 fully saturated rings. The van der Waals surface area contributed by atoms with Gasteiger partial charge in [0.05, 0.1) is 24.5 Å². The van der Waals surface area contributed by atoms with E-state index in [0.29, 0.717) is 11.8 Å². The summed E-state index contributed by atoms with van der Waals surface area (Å²) in [5.41, 5.74) is 3.35. The Balaban J connectivity index is 1.55. The summed E-state index contributed by atoms with van der Waals surface area (Å²) in [5.74, 6) is 0.901. The van der Waals surface area contributed by atoms with Crippen LogP contribution in [0.1, 0.15) is 11.5 Å². The van der Waals surface area contributed by atoms with Crippen molar-refractivity contribution in [2.45, 2.75) is 5.92 Å². The molecule has 0 aliphatic carbocycles. The normalized spacial score (nSPS) is 15.0. The highest BCUT2D eigenvalue weighted by Gasteiger charge is 2.30. The van der Waals surface area contributed by atoms with E-state index in [-0.39, 0.29) is 5.82 Å². The zero-order chi connectivity index (χ0) is 16.0. The lowest BCUT2D eigenvalue weighted by Crippen LogP contribution is -2.45. The Morgan fingerprint density at radius 2 is 2.04 bits per heavy atom. The van der Waals surface area contributed by atoms with Crippen LogP contribution in [0.25, 0.3) is 10.9 Å². The van der Waals surface area contributed by atoms with Crippen LogP contribution in [0.5, 0.6) is 5.88 Å². The van der Waals surface area contributed by atoms with Crippen LogP contribution < -0.4 is 9.64 Å². The van der Waals surface area contributed by atoms with E-state index in [1.807, 2.05) is 36.0 Å². The van der Waals surface area contributed by atoms with Gasteiger partial charge in [0, 0.05) is 43.7 Å². The van der Waals surface area contributed by atoms with Gasteiger partial charge in [-0.05, 0) is 29.8 Å². The van der Waals surface area contributed by atoms with E-state index in [2.05, 4.69) is 16.1 Å². The van der Waals surface area contributed by atoms with Crippen molar-refractivity contribution in [3.8, 4) is 5.88 Å². The molecule has 0 atom stereocenters. The van der Waals surface area contributed by atoms with Crippen LogP contribution >= 0.6 is 0 Å². The molecular formula is C18H18FN3O. The Kier molecular flexibility index (Phi) is 3.22. The molecule has 3 aromatic rings.